The Hall–Kier alpha value is -6.04. The molecule has 0 atom stereocenters. The van der Waals surface area contributed by atoms with E-state index in [-0.39, 0.29) is 57.6 Å². The molecule has 6 aromatic rings. The fraction of sp³-hybridized carbons (Fsp3) is 0.409. The van der Waals surface area contributed by atoms with Crippen LogP contribution < -0.4 is 31.6 Å². The van der Waals surface area contributed by atoms with Gasteiger partial charge >= 0.3 is 0 Å². The van der Waals surface area contributed by atoms with Crippen LogP contribution in [0.25, 0.3) is 44.3 Å². The molecule has 2 aromatic carbocycles. The average Bonchev–Trinajstić information content (AvgIpc) is 3.32. The first-order valence-corrected chi connectivity index (χ1v) is 24.9. The number of nitrogens with one attached hydrogen (secondary N) is 2. The number of benzene rings is 2. The summed E-state index contributed by atoms with van der Waals surface area (Å²) in [6.45, 7) is 4.68. The number of hydrogen-bond acceptors (Lipinski definition) is 18. The quantitative estimate of drug-likeness (QED) is 0.125. The third kappa shape index (κ3) is 10.0. The molecule has 2 N–H and O–H groups in total. The van der Waals surface area contributed by atoms with Gasteiger partial charge in [-0.05, 0) is 36.4 Å². The van der Waals surface area contributed by atoms with Crippen molar-refractivity contribution in [2.24, 2.45) is 14.1 Å². The Morgan fingerprint density at radius 1 is 0.652 bits per heavy atom. The maximum Gasteiger partial charge on any atom is 0.264 e. The van der Waals surface area contributed by atoms with Crippen molar-refractivity contribution in [3.8, 4) is 22.5 Å². The van der Waals surface area contributed by atoms with Crippen molar-refractivity contribution in [2.75, 3.05) is 125 Å². The lowest BCUT2D eigenvalue weighted by atomic mass is 10.1. The second-order valence-electron chi connectivity index (χ2n) is 15.9. The summed E-state index contributed by atoms with van der Waals surface area (Å²) in [5.41, 5.74) is 3.27. The highest BCUT2D eigenvalue weighted by Crippen LogP contribution is 2.35. The fourth-order valence-electron chi connectivity index (χ4n) is 7.92. The van der Waals surface area contributed by atoms with Gasteiger partial charge in [-0.25, -0.2) is 36.8 Å². The van der Waals surface area contributed by atoms with Gasteiger partial charge in [0.25, 0.3) is 11.1 Å². The Morgan fingerprint density at radius 3 is 1.71 bits per heavy atom. The van der Waals surface area contributed by atoms with E-state index in [1.165, 1.54) is 28.0 Å². The number of ether oxygens (including phenoxy) is 4. The minimum atomic E-state index is -3.96. The highest BCUT2D eigenvalue weighted by molar-refractivity contribution is 7.91. The zero-order valence-electron chi connectivity index (χ0n) is 37.1. The minimum absolute atomic E-state index is 0.0659. The Kier molecular flexibility index (Phi) is 14.0. The van der Waals surface area contributed by atoms with E-state index in [0.29, 0.717) is 122 Å². The lowest BCUT2D eigenvalue weighted by Gasteiger charge is -2.30. The van der Waals surface area contributed by atoms with Crippen molar-refractivity contribution in [3.63, 3.8) is 0 Å². The highest BCUT2D eigenvalue weighted by atomic mass is 32.2. The van der Waals surface area contributed by atoms with Gasteiger partial charge in [0.1, 0.15) is 22.4 Å². The van der Waals surface area contributed by atoms with Crippen LogP contribution in [0.4, 0.5) is 23.0 Å². The summed E-state index contributed by atoms with van der Waals surface area (Å²) in [4.78, 5) is 49.4. The second-order valence-corrected chi connectivity index (χ2v) is 20.0. The molecule has 0 radical (unpaired) electrons. The molecule has 0 unspecified atom stereocenters. The maximum absolute atomic E-state index is 14.3. The lowest BCUT2D eigenvalue weighted by Crippen LogP contribution is -2.37. The third-order valence-electron chi connectivity index (χ3n) is 11.4. The van der Waals surface area contributed by atoms with Gasteiger partial charge in [0, 0.05) is 77.9 Å². The molecule has 66 heavy (non-hydrogen) atoms. The molecule has 2 saturated heterocycles. The van der Waals surface area contributed by atoms with Crippen LogP contribution in [0, 0.1) is 0 Å². The van der Waals surface area contributed by atoms with Crippen LogP contribution in [0.2, 0.25) is 0 Å². The molecule has 22 heteroatoms. The Bertz CT molecular complexity index is 3120. The van der Waals surface area contributed by atoms with Crippen molar-refractivity contribution >= 4 is 64.5 Å². The Labute approximate surface area is 381 Å². The molecule has 0 aliphatic carbocycles. The molecular formula is C44H52N10O10S2. The van der Waals surface area contributed by atoms with Gasteiger partial charge in [0.2, 0.25) is 0 Å². The van der Waals surface area contributed by atoms with Gasteiger partial charge in [-0.15, -0.1) is 0 Å². The standard InChI is InChI=1S/C44H52N10O10S2/c1-51-28-48-34-26-32(50-41(39(34)43(51)55)45-9-15-61-3)30-5-7-35(53-11-17-63-18-12-53)38(24-30)66(59,60)22-21-62-16-10-46-42-40-33(47-27-52(2)44(40)56)25-31(49-42)29-6-8-37(65(4,57)58)36(23-29)54-13-19-64-20-14-54/h5-8,23-28H,9-22H2,1-4H3,(H,45,50)(H,46,49). The molecule has 20 nitrogen and oxygen atoms in total. The molecule has 0 amide bonds. The third-order valence-corrected chi connectivity index (χ3v) is 14.2. The van der Waals surface area contributed by atoms with E-state index >= 15 is 0 Å². The van der Waals surface area contributed by atoms with Crippen LogP contribution in [-0.4, -0.2) is 151 Å². The number of sulfone groups is 2. The number of anilines is 4. The molecular weight excluding hydrogens is 893 g/mol. The SMILES string of the molecule is COCCNc1nc(-c2ccc(N3CCOCC3)c(S(=O)(=O)CCOCCNc3nc(-c4ccc(S(C)(=O)=O)c(N5CCOCC5)c4)cc4ncn(C)c(=O)c34)c2)cc2ncn(C)c(=O)c12. The number of morpholine rings is 2. The van der Waals surface area contributed by atoms with Crippen molar-refractivity contribution < 1.29 is 35.8 Å². The van der Waals surface area contributed by atoms with Gasteiger partial charge < -0.3 is 48.5 Å². The number of methoxy groups -OCH3 is 1. The number of rotatable bonds is 17. The Balaban J connectivity index is 1.02. The highest BCUT2D eigenvalue weighted by Gasteiger charge is 2.26. The van der Waals surface area contributed by atoms with Crippen molar-refractivity contribution in [1.29, 1.82) is 0 Å². The summed E-state index contributed by atoms with van der Waals surface area (Å²) in [7, 11) is -2.76. The number of nitrogens with zero attached hydrogens (tertiary/aromatic N) is 8. The van der Waals surface area contributed by atoms with Gasteiger partial charge in [0.05, 0.1) is 108 Å². The smallest absolute Gasteiger partial charge is 0.264 e. The van der Waals surface area contributed by atoms with E-state index in [2.05, 4.69) is 20.6 Å². The van der Waals surface area contributed by atoms with E-state index in [1.807, 2.05) is 15.9 Å². The van der Waals surface area contributed by atoms with E-state index < -0.39 is 19.7 Å². The first kappa shape index (κ1) is 46.5. The molecule has 2 aliphatic heterocycles. The Morgan fingerprint density at radius 2 is 1.17 bits per heavy atom. The van der Waals surface area contributed by atoms with E-state index in [1.54, 1.807) is 63.7 Å². The molecule has 8 rings (SSSR count). The molecule has 0 spiro atoms. The largest absolute Gasteiger partial charge is 0.383 e. The summed E-state index contributed by atoms with van der Waals surface area (Å²) in [6.07, 6.45) is 4.03. The zero-order chi connectivity index (χ0) is 46.6. The van der Waals surface area contributed by atoms with Crippen LogP contribution in [0.1, 0.15) is 0 Å². The van der Waals surface area contributed by atoms with Crippen molar-refractivity contribution in [1.82, 2.24) is 29.1 Å². The summed E-state index contributed by atoms with van der Waals surface area (Å²) >= 11 is 0. The van der Waals surface area contributed by atoms with Crippen molar-refractivity contribution in [2.45, 2.75) is 9.79 Å². The van der Waals surface area contributed by atoms with Crippen molar-refractivity contribution in [3.05, 3.63) is 81.9 Å². The first-order valence-electron chi connectivity index (χ1n) is 21.4. The number of pyridine rings is 2. The van der Waals surface area contributed by atoms with Crippen LogP contribution in [-0.2, 0) is 52.7 Å². The van der Waals surface area contributed by atoms with Gasteiger partial charge in [-0.2, -0.15) is 0 Å². The summed E-state index contributed by atoms with van der Waals surface area (Å²) in [5.74, 6) is 0.218. The normalized spacial score (nSPS) is 14.8. The number of hydrogen-bond donors (Lipinski definition) is 2. The average molecular weight is 945 g/mol. The topological polar surface area (TPSA) is 231 Å². The van der Waals surface area contributed by atoms with E-state index in [0.717, 1.165) is 0 Å². The zero-order valence-corrected chi connectivity index (χ0v) is 38.8. The lowest BCUT2D eigenvalue weighted by molar-refractivity contribution is 0.122. The molecule has 0 bridgehead atoms. The predicted octanol–water partition coefficient (Wildman–Crippen LogP) is 2.34. The molecule has 350 valence electrons. The number of aromatic nitrogens is 6. The molecule has 4 aromatic heterocycles. The molecule has 2 aliphatic rings. The monoisotopic (exact) mass is 944 g/mol. The second kappa shape index (κ2) is 19.8. The first-order chi connectivity index (χ1) is 31.7. The predicted molar refractivity (Wildman–Crippen MR) is 251 cm³/mol. The minimum Gasteiger partial charge on any atom is -0.383 e. The number of aryl methyl sites for hydroxylation is 2. The summed E-state index contributed by atoms with van der Waals surface area (Å²) in [6, 6.07) is 13.6. The van der Waals surface area contributed by atoms with Crippen LogP contribution in [0.3, 0.4) is 0 Å². The van der Waals surface area contributed by atoms with Gasteiger partial charge in [-0.1, -0.05) is 12.1 Å². The van der Waals surface area contributed by atoms with E-state index in [4.69, 9.17) is 28.9 Å². The molecule has 6 heterocycles. The van der Waals surface area contributed by atoms with Crippen LogP contribution in [0.5, 0.6) is 0 Å². The van der Waals surface area contributed by atoms with Crippen LogP contribution >= 0.6 is 0 Å². The summed E-state index contributed by atoms with van der Waals surface area (Å²) in [5, 5.41) is 6.93. The summed E-state index contributed by atoms with van der Waals surface area (Å²) < 4.78 is 79.1. The number of fused-ring (bicyclic) bond motifs is 2. The van der Waals surface area contributed by atoms with Crippen LogP contribution in [0.15, 0.2) is 80.6 Å². The molecule has 0 saturated carbocycles. The molecule has 2 fully saturated rings. The van der Waals surface area contributed by atoms with Gasteiger partial charge in [-0.3, -0.25) is 9.59 Å². The van der Waals surface area contributed by atoms with Gasteiger partial charge in [0.15, 0.2) is 19.7 Å². The fourth-order valence-corrected chi connectivity index (χ4v) is 10.2. The maximum atomic E-state index is 14.3. The van der Waals surface area contributed by atoms with E-state index in [9.17, 15) is 26.4 Å².